The predicted octanol–water partition coefficient (Wildman–Crippen LogP) is 4.41. The maximum Gasteiger partial charge on any atom is 0.335 e. The quantitative estimate of drug-likeness (QED) is 0.890. The molecule has 1 aliphatic heterocycles. The molecule has 0 aromatic heterocycles. The first kappa shape index (κ1) is 18.3. The van der Waals surface area contributed by atoms with Gasteiger partial charge in [0.15, 0.2) is 0 Å². The smallest absolute Gasteiger partial charge is 0.335 e. The molecule has 1 heterocycles. The number of rotatable bonds is 4. The first-order chi connectivity index (χ1) is 11.1. The maximum absolute atomic E-state index is 10.8. The van der Waals surface area contributed by atoms with Crippen molar-refractivity contribution in [2.75, 3.05) is 20.1 Å². The molecule has 0 bridgehead atoms. The molecule has 24 heavy (non-hydrogen) atoms. The van der Waals surface area contributed by atoms with Crippen LogP contribution in [0.25, 0.3) is 0 Å². The van der Waals surface area contributed by atoms with Crippen LogP contribution in [0.4, 0.5) is 0 Å². The summed E-state index contributed by atoms with van der Waals surface area (Å²) in [6.45, 7) is 2.30. The molecule has 0 saturated carbocycles. The minimum atomic E-state index is -0.931. The Morgan fingerprint density at radius 1 is 1.00 bits per heavy atom. The molecule has 2 aromatic rings. The molecule has 0 atom stereocenters. The van der Waals surface area contributed by atoms with Gasteiger partial charge in [-0.05, 0) is 80.9 Å². The average molecular weight is 348 g/mol. The summed E-state index contributed by atoms with van der Waals surface area (Å²) in [5, 5.41) is 8.89. The predicted molar refractivity (Wildman–Crippen MR) is 96.6 cm³/mol. The van der Waals surface area contributed by atoms with Gasteiger partial charge in [0, 0.05) is 0 Å². The van der Waals surface area contributed by atoms with Crippen LogP contribution < -0.4 is 4.74 Å². The van der Waals surface area contributed by atoms with Gasteiger partial charge >= 0.3 is 5.97 Å². The summed E-state index contributed by atoms with van der Waals surface area (Å²) in [5.41, 5.74) is 1.63. The van der Waals surface area contributed by atoms with E-state index >= 15 is 0 Å². The second-order valence-corrected chi connectivity index (χ2v) is 6.08. The number of halogens is 1. The normalized spacial score (nSPS) is 15.5. The van der Waals surface area contributed by atoms with Crippen LogP contribution in [-0.2, 0) is 0 Å². The summed E-state index contributed by atoms with van der Waals surface area (Å²) in [7, 11) is 2.17. The number of carboxylic acids is 1. The lowest BCUT2D eigenvalue weighted by molar-refractivity contribution is 0.0697. The summed E-state index contributed by atoms with van der Waals surface area (Å²) in [6, 6.07) is 14.7. The first-order valence-corrected chi connectivity index (χ1v) is 7.91. The van der Waals surface area contributed by atoms with Crippen molar-refractivity contribution in [2.45, 2.75) is 18.8 Å². The maximum atomic E-state index is 10.8. The van der Waals surface area contributed by atoms with E-state index in [1.807, 2.05) is 12.1 Å². The topological polar surface area (TPSA) is 49.8 Å². The largest absolute Gasteiger partial charge is 0.478 e. The Morgan fingerprint density at radius 3 is 2.00 bits per heavy atom. The molecule has 5 heteroatoms. The third kappa shape index (κ3) is 4.49. The average Bonchev–Trinajstić information content (AvgIpc) is 2.57. The van der Waals surface area contributed by atoms with Crippen molar-refractivity contribution in [3.05, 3.63) is 59.7 Å². The molecule has 0 amide bonds. The van der Waals surface area contributed by atoms with Crippen LogP contribution in [0.5, 0.6) is 11.5 Å². The molecule has 128 valence electrons. The summed E-state index contributed by atoms with van der Waals surface area (Å²) in [5.74, 6) is 1.11. The van der Waals surface area contributed by atoms with Crippen LogP contribution in [0.3, 0.4) is 0 Å². The molecular weight excluding hydrogens is 326 g/mol. The van der Waals surface area contributed by atoms with E-state index in [0.717, 1.165) is 18.8 Å². The molecular formula is C19H22ClNO3. The van der Waals surface area contributed by atoms with Crippen molar-refractivity contribution in [2.24, 2.45) is 0 Å². The number of hydrogen-bond donors (Lipinski definition) is 1. The van der Waals surface area contributed by atoms with E-state index < -0.39 is 5.97 Å². The standard InChI is InChI=1S/C19H21NO3.ClH/c1-20-12-10-15(11-13-20)14-2-6-17(7-3-14)23-18-8-4-16(5-9-18)19(21)22;/h2-9,15H,10-13H2,1H3,(H,21,22);1H. The van der Waals surface area contributed by atoms with Crippen molar-refractivity contribution in [1.82, 2.24) is 4.90 Å². The van der Waals surface area contributed by atoms with E-state index in [9.17, 15) is 4.79 Å². The van der Waals surface area contributed by atoms with Gasteiger partial charge in [-0.25, -0.2) is 4.79 Å². The molecule has 3 rings (SSSR count). The molecule has 1 fully saturated rings. The van der Waals surface area contributed by atoms with E-state index in [2.05, 4.69) is 24.1 Å². The summed E-state index contributed by atoms with van der Waals surface area (Å²) in [4.78, 5) is 13.2. The van der Waals surface area contributed by atoms with Gasteiger partial charge in [-0.3, -0.25) is 0 Å². The van der Waals surface area contributed by atoms with E-state index in [0.29, 0.717) is 11.7 Å². The summed E-state index contributed by atoms with van der Waals surface area (Å²) < 4.78 is 5.77. The van der Waals surface area contributed by atoms with Gasteiger partial charge < -0.3 is 14.7 Å². The Morgan fingerprint density at radius 2 is 1.50 bits per heavy atom. The fourth-order valence-corrected chi connectivity index (χ4v) is 2.95. The monoisotopic (exact) mass is 347 g/mol. The van der Waals surface area contributed by atoms with Gasteiger partial charge in [-0.1, -0.05) is 12.1 Å². The Balaban J connectivity index is 0.00000208. The van der Waals surface area contributed by atoms with Crippen molar-refractivity contribution in [1.29, 1.82) is 0 Å². The Hall–Kier alpha value is -2.04. The Labute approximate surface area is 148 Å². The second-order valence-electron chi connectivity index (χ2n) is 6.08. The molecule has 4 nitrogen and oxygen atoms in total. The zero-order valence-corrected chi connectivity index (χ0v) is 14.5. The number of nitrogens with zero attached hydrogens (tertiary/aromatic N) is 1. The number of ether oxygens (including phenoxy) is 1. The lowest BCUT2D eigenvalue weighted by Gasteiger charge is -2.29. The van der Waals surface area contributed by atoms with Gasteiger partial charge in [0.2, 0.25) is 0 Å². The number of piperidine rings is 1. The van der Waals surface area contributed by atoms with Crippen LogP contribution in [0.2, 0.25) is 0 Å². The minimum Gasteiger partial charge on any atom is -0.478 e. The van der Waals surface area contributed by atoms with Crippen molar-refractivity contribution >= 4 is 18.4 Å². The fraction of sp³-hybridized carbons (Fsp3) is 0.316. The van der Waals surface area contributed by atoms with Gasteiger partial charge in [0.05, 0.1) is 5.56 Å². The number of hydrogen-bond acceptors (Lipinski definition) is 3. The highest BCUT2D eigenvalue weighted by Crippen LogP contribution is 2.30. The van der Waals surface area contributed by atoms with Gasteiger partial charge in [-0.2, -0.15) is 0 Å². The molecule has 0 aliphatic carbocycles. The lowest BCUT2D eigenvalue weighted by atomic mass is 9.90. The zero-order valence-electron chi connectivity index (χ0n) is 13.6. The number of likely N-dealkylation sites (tertiary alicyclic amines) is 1. The van der Waals surface area contributed by atoms with Crippen molar-refractivity contribution < 1.29 is 14.6 Å². The first-order valence-electron chi connectivity index (χ1n) is 7.91. The summed E-state index contributed by atoms with van der Waals surface area (Å²) >= 11 is 0. The number of benzene rings is 2. The Bertz CT molecular complexity index is 662. The van der Waals surface area contributed by atoms with Crippen LogP contribution in [-0.4, -0.2) is 36.1 Å². The fourth-order valence-electron chi connectivity index (χ4n) is 2.95. The van der Waals surface area contributed by atoms with Crippen LogP contribution >= 0.6 is 12.4 Å². The van der Waals surface area contributed by atoms with Gasteiger partial charge in [0.1, 0.15) is 11.5 Å². The lowest BCUT2D eigenvalue weighted by Crippen LogP contribution is -2.29. The van der Waals surface area contributed by atoms with Crippen LogP contribution in [0.15, 0.2) is 48.5 Å². The second kappa shape index (κ2) is 8.18. The van der Waals surface area contributed by atoms with Gasteiger partial charge in [-0.15, -0.1) is 12.4 Å². The van der Waals surface area contributed by atoms with Crippen LogP contribution in [0.1, 0.15) is 34.7 Å². The van der Waals surface area contributed by atoms with E-state index in [1.165, 1.54) is 18.4 Å². The van der Waals surface area contributed by atoms with Crippen molar-refractivity contribution in [3.8, 4) is 11.5 Å². The third-order valence-corrected chi connectivity index (χ3v) is 4.41. The van der Waals surface area contributed by atoms with E-state index in [4.69, 9.17) is 9.84 Å². The number of carboxylic acid groups (broad SMARTS) is 1. The highest BCUT2D eigenvalue weighted by Gasteiger charge is 2.18. The van der Waals surface area contributed by atoms with E-state index in [-0.39, 0.29) is 18.0 Å². The highest BCUT2D eigenvalue weighted by atomic mass is 35.5. The zero-order chi connectivity index (χ0) is 16.2. The van der Waals surface area contributed by atoms with Crippen LogP contribution in [0, 0.1) is 0 Å². The molecule has 0 unspecified atom stereocenters. The molecule has 0 radical (unpaired) electrons. The molecule has 1 saturated heterocycles. The summed E-state index contributed by atoms with van der Waals surface area (Å²) in [6.07, 6.45) is 2.40. The molecule has 1 N–H and O–H groups in total. The van der Waals surface area contributed by atoms with E-state index in [1.54, 1.807) is 24.3 Å². The third-order valence-electron chi connectivity index (χ3n) is 4.41. The molecule has 2 aromatic carbocycles. The highest BCUT2D eigenvalue weighted by molar-refractivity contribution is 5.87. The molecule has 0 spiro atoms. The van der Waals surface area contributed by atoms with Crippen molar-refractivity contribution in [3.63, 3.8) is 0 Å². The minimum absolute atomic E-state index is 0. The molecule has 1 aliphatic rings. The number of carbonyl (C=O) groups is 1. The SMILES string of the molecule is CN1CCC(c2ccc(Oc3ccc(C(=O)O)cc3)cc2)CC1.Cl. The Kier molecular flexibility index (Phi) is 6.23. The van der Waals surface area contributed by atoms with Gasteiger partial charge in [0.25, 0.3) is 0 Å². The number of aromatic carboxylic acids is 1.